The van der Waals surface area contributed by atoms with Crippen molar-refractivity contribution < 1.29 is 9.50 Å². The Bertz CT molecular complexity index is 683. The zero-order valence-electron chi connectivity index (χ0n) is 11.4. The molecule has 1 N–H and O–H groups in total. The molecule has 3 aromatic rings. The fourth-order valence-electron chi connectivity index (χ4n) is 2.59. The molecule has 0 saturated carbocycles. The third-order valence-corrected chi connectivity index (χ3v) is 3.65. The molecule has 112 valence electrons. The Morgan fingerprint density at radius 1 is 0.636 bits per heavy atom. The summed E-state index contributed by atoms with van der Waals surface area (Å²) in [5.74, 6) is -0.423. The Morgan fingerprint density at radius 3 is 1.50 bits per heavy atom. The van der Waals surface area contributed by atoms with Crippen molar-refractivity contribution in [3.63, 3.8) is 0 Å². The standard InChI is InChI=1S/C19H15FO.CH4/c20-18-14-8-7-13-17(18)19(21,15-9-3-1-4-10-15)16-11-5-2-6-12-16;/h1-14,21H;1H4. The fraction of sp³-hybridized carbons (Fsp3) is 0.100. The van der Waals surface area contributed by atoms with E-state index in [9.17, 15) is 9.50 Å². The van der Waals surface area contributed by atoms with E-state index in [4.69, 9.17) is 0 Å². The number of hydrogen-bond acceptors (Lipinski definition) is 1. The van der Waals surface area contributed by atoms with E-state index in [1.807, 2.05) is 36.4 Å². The maximum absolute atomic E-state index is 14.3. The molecule has 0 heterocycles. The molecular formula is C20H19FO. The van der Waals surface area contributed by atoms with Crippen LogP contribution in [0.15, 0.2) is 84.9 Å². The molecule has 0 spiro atoms. The van der Waals surface area contributed by atoms with Gasteiger partial charge in [-0.1, -0.05) is 86.3 Å². The number of hydrogen-bond donors (Lipinski definition) is 1. The van der Waals surface area contributed by atoms with Crippen molar-refractivity contribution in [3.05, 3.63) is 107 Å². The van der Waals surface area contributed by atoms with Crippen molar-refractivity contribution in [1.82, 2.24) is 0 Å². The van der Waals surface area contributed by atoms with Gasteiger partial charge in [-0.2, -0.15) is 0 Å². The van der Waals surface area contributed by atoms with Crippen molar-refractivity contribution in [3.8, 4) is 0 Å². The van der Waals surface area contributed by atoms with Gasteiger partial charge in [0.05, 0.1) is 0 Å². The third-order valence-electron chi connectivity index (χ3n) is 3.65. The summed E-state index contributed by atoms with van der Waals surface area (Å²) in [5.41, 5.74) is 0.0263. The molecule has 0 radical (unpaired) electrons. The first-order valence-corrected chi connectivity index (χ1v) is 6.81. The average molecular weight is 294 g/mol. The van der Waals surface area contributed by atoms with Gasteiger partial charge in [-0.15, -0.1) is 0 Å². The van der Waals surface area contributed by atoms with Crippen LogP contribution in [0.2, 0.25) is 0 Å². The van der Waals surface area contributed by atoms with Gasteiger partial charge in [0.2, 0.25) is 0 Å². The molecule has 2 heteroatoms. The molecule has 1 nitrogen and oxygen atoms in total. The largest absolute Gasteiger partial charge is 0.376 e. The Balaban J connectivity index is 0.00000176. The Kier molecular flexibility index (Phi) is 4.74. The summed E-state index contributed by atoms with van der Waals surface area (Å²) in [6.07, 6.45) is 0. The van der Waals surface area contributed by atoms with E-state index in [1.54, 1.807) is 42.5 Å². The van der Waals surface area contributed by atoms with E-state index in [2.05, 4.69) is 0 Å². The quantitative estimate of drug-likeness (QED) is 0.691. The predicted molar refractivity (Wildman–Crippen MR) is 88.1 cm³/mol. The molecule has 0 fully saturated rings. The Labute approximate surface area is 130 Å². The molecule has 22 heavy (non-hydrogen) atoms. The lowest BCUT2D eigenvalue weighted by molar-refractivity contribution is 0.121. The highest BCUT2D eigenvalue weighted by atomic mass is 19.1. The molecule has 0 amide bonds. The van der Waals surface area contributed by atoms with Crippen LogP contribution in [0.3, 0.4) is 0 Å². The lowest BCUT2D eigenvalue weighted by Gasteiger charge is -2.30. The minimum atomic E-state index is -1.51. The van der Waals surface area contributed by atoms with Crippen LogP contribution >= 0.6 is 0 Å². The van der Waals surface area contributed by atoms with Gasteiger partial charge >= 0.3 is 0 Å². The molecule has 0 aliphatic rings. The molecule has 0 aromatic heterocycles. The predicted octanol–water partition coefficient (Wildman–Crippen LogP) is 4.75. The van der Waals surface area contributed by atoms with Crippen LogP contribution in [0.4, 0.5) is 4.39 Å². The summed E-state index contributed by atoms with van der Waals surface area (Å²) >= 11 is 0. The fourth-order valence-corrected chi connectivity index (χ4v) is 2.59. The van der Waals surface area contributed by atoms with Crippen molar-refractivity contribution in [2.24, 2.45) is 0 Å². The summed E-state index contributed by atoms with van der Waals surface area (Å²) in [6.45, 7) is 0. The van der Waals surface area contributed by atoms with E-state index in [0.29, 0.717) is 11.1 Å². The number of benzene rings is 3. The van der Waals surface area contributed by atoms with Crippen molar-refractivity contribution in [2.75, 3.05) is 0 Å². The second-order valence-corrected chi connectivity index (χ2v) is 4.92. The first-order valence-electron chi connectivity index (χ1n) is 6.81. The van der Waals surface area contributed by atoms with Crippen LogP contribution in [-0.2, 0) is 5.60 Å². The van der Waals surface area contributed by atoms with Gasteiger partial charge in [0.1, 0.15) is 11.4 Å². The van der Waals surface area contributed by atoms with Gasteiger partial charge in [0, 0.05) is 5.56 Å². The smallest absolute Gasteiger partial charge is 0.143 e. The first-order chi connectivity index (χ1) is 10.2. The van der Waals surface area contributed by atoms with Gasteiger partial charge in [-0.05, 0) is 17.2 Å². The maximum atomic E-state index is 14.3. The molecule has 0 aliphatic heterocycles. The van der Waals surface area contributed by atoms with Crippen molar-refractivity contribution in [2.45, 2.75) is 13.0 Å². The molecule has 0 atom stereocenters. The normalized spacial score (nSPS) is 10.8. The van der Waals surface area contributed by atoms with E-state index in [-0.39, 0.29) is 13.0 Å². The lowest BCUT2D eigenvalue weighted by Crippen LogP contribution is -2.30. The average Bonchev–Trinajstić information content (AvgIpc) is 2.56. The molecule has 0 bridgehead atoms. The monoisotopic (exact) mass is 294 g/mol. The number of aliphatic hydroxyl groups is 1. The van der Waals surface area contributed by atoms with Gasteiger partial charge in [0.25, 0.3) is 0 Å². The Morgan fingerprint density at radius 2 is 1.05 bits per heavy atom. The van der Waals surface area contributed by atoms with Crippen LogP contribution in [0.25, 0.3) is 0 Å². The molecule has 3 aromatic carbocycles. The van der Waals surface area contributed by atoms with E-state index in [1.165, 1.54) is 6.07 Å². The summed E-state index contributed by atoms with van der Waals surface area (Å²) in [4.78, 5) is 0. The van der Waals surface area contributed by atoms with Gasteiger partial charge < -0.3 is 5.11 Å². The second-order valence-electron chi connectivity index (χ2n) is 4.92. The molecular weight excluding hydrogens is 275 g/mol. The van der Waals surface area contributed by atoms with Crippen LogP contribution in [-0.4, -0.2) is 5.11 Å². The molecule has 0 unspecified atom stereocenters. The first kappa shape index (κ1) is 15.9. The zero-order chi connectivity index (χ0) is 14.7. The second kappa shape index (κ2) is 6.54. The van der Waals surface area contributed by atoms with Gasteiger partial charge in [-0.25, -0.2) is 4.39 Å². The van der Waals surface area contributed by atoms with E-state index >= 15 is 0 Å². The summed E-state index contributed by atoms with van der Waals surface area (Å²) in [6, 6.07) is 24.7. The summed E-state index contributed by atoms with van der Waals surface area (Å²) < 4.78 is 14.3. The summed E-state index contributed by atoms with van der Waals surface area (Å²) in [5, 5.41) is 11.4. The van der Waals surface area contributed by atoms with Crippen LogP contribution in [0, 0.1) is 5.82 Å². The molecule has 0 saturated heterocycles. The third kappa shape index (κ3) is 2.66. The van der Waals surface area contributed by atoms with Crippen LogP contribution in [0.5, 0.6) is 0 Å². The van der Waals surface area contributed by atoms with Crippen molar-refractivity contribution >= 4 is 0 Å². The highest BCUT2D eigenvalue weighted by Gasteiger charge is 2.35. The highest BCUT2D eigenvalue weighted by Crippen LogP contribution is 2.37. The topological polar surface area (TPSA) is 20.2 Å². The Hall–Kier alpha value is -2.45. The molecule has 0 aliphatic carbocycles. The molecule has 3 rings (SSSR count). The number of halogens is 1. The van der Waals surface area contributed by atoms with Gasteiger partial charge in [-0.3, -0.25) is 0 Å². The summed E-state index contributed by atoms with van der Waals surface area (Å²) in [7, 11) is 0. The van der Waals surface area contributed by atoms with Crippen molar-refractivity contribution in [1.29, 1.82) is 0 Å². The maximum Gasteiger partial charge on any atom is 0.143 e. The van der Waals surface area contributed by atoms with E-state index in [0.717, 1.165) is 0 Å². The highest BCUT2D eigenvalue weighted by molar-refractivity contribution is 5.47. The van der Waals surface area contributed by atoms with Gasteiger partial charge in [0.15, 0.2) is 0 Å². The minimum absolute atomic E-state index is 0. The minimum Gasteiger partial charge on any atom is -0.376 e. The lowest BCUT2D eigenvalue weighted by atomic mass is 9.80. The zero-order valence-corrected chi connectivity index (χ0v) is 11.4. The number of rotatable bonds is 3. The SMILES string of the molecule is C.OC(c1ccccc1)(c1ccccc1)c1ccccc1F. The van der Waals surface area contributed by atoms with Crippen LogP contribution < -0.4 is 0 Å². The van der Waals surface area contributed by atoms with Crippen LogP contribution in [0.1, 0.15) is 24.1 Å². The van der Waals surface area contributed by atoms with E-state index < -0.39 is 11.4 Å².